The van der Waals surface area contributed by atoms with E-state index in [1.54, 1.807) is 11.0 Å². The standard InChI is InChI=1S/C19H26N2O3/c1-5-8-17(15-13-20-16-10-7-6-9-14(15)16)21(11-12-22)18(23)24-19(2,3)4/h5-7,9-10,13,17,20,22H,1,8,11-12H2,2-4H3/t17-/m0/s1. The normalized spacial score (nSPS) is 12.8. The molecule has 0 saturated heterocycles. The van der Waals surface area contributed by atoms with Gasteiger partial charge in [-0.25, -0.2) is 4.79 Å². The molecule has 0 bridgehead atoms. The zero-order valence-electron chi connectivity index (χ0n) is 14.6. The van der Waals surface area contributed by atoms with Crippen molar-refractivity contribution in [2.75, 3.05) is 13.2 Å². The minimum atomic E-state index is -0.594. The van der Waals surface area contributed by atoms with Crippen molar-refractivity contribution in [1.82, 2.24) is 9.88 Å². The summed E-state index contributed by atoms with van der Waals surface area (Å²) < 4.78 is 5.52. The van der Waals surface area contributed by atoms with Crippen LogP contribution in [-0.4, -0.2) is 39.8 Å². The first-order chi connectivity index (χ1) is 11.4. The molecule has 0 spiro atoms. The quantitative estimate of drug-likeness (QED) is 0.786. The number of H-pyrrole nitrogens is 1. The van der Waals surface area contributed by atoms with Gasteiger partial charge < -0.3 is 14.8 Å². The van der Waals surface area contributed by atoms with Gasteiger partial charge in [0.25, 0.3) is 0 Å². The van der Waals surface area contributed by atoms with Crippen molar-refractivity contribution in [2.45, 2.75) is 38.8 Å². The van der Waals surface area contributed by atoms with Gasteiger partial charge in [0.2, 0.25) is 0 Å². The third-order valence-corrected chi connectivity index (χ3v) is 3.72. The Balaban J connectivity index is 2.41. The molecule has 0 fully saturated rings. The number of benzene rings is 1. The van der Waals surface area contributed by atoms with Crippen molar-refractivity contribution in [3.05, 3.63) is 48.7 Å². The van der Waals surface area contributed by atoms with Gasteiger partial charge in [-0.15, -0.1) is 6.58 Å². The SMILES string of the molecule is C=CC[C@@H](c1c[nH]c2ccccc12)N(CCO)C(=O)OC(C)(C)C. The molecule has 1 aromatic heterocycles. The van der Waals surface area contributed by atoms with E-state index in [1.807, 2.05) is 51.2 Å². The topological polar surface area (TPSA) is 65.6 Å². The zero-order valence-corrected chi connectivity index (χ0v) is 14.6. The largest absolute Gasteiger partial charge is 0.444 e. The van der Waals surface area contributed by atoms with Crippen LogP contribution in [0.1, 0.15) is 38.8 Å². The van der Waals surface area contributed by atoms with E-state index in [9.17, 15) is 9.90 Å². The molecule has 2 rings (SSSR count). The second-order valence-corrected chi connectivity index (χ2v) is 6.73. The Morgan fingerprint density at radius 2 is 2.12 bits per heavy atom. The van der Waals surface area contributed by atoms with Crippen LogP contribution in [0.15, 0.2) is 43.1 Å². The molecule has 1 aromatic carbocycles. The van der Waals surface area contributed by atoms with Gasteiger partial charge in [-0.05, 0) is 33.3 Å². The van der Waals surface area contributed by atoms with E-state index in [0.717, 1.165) is 16.5 Å². The number of aliphatic hydroxyl groups excluding tert-OH is 1. The number of aromatic nitrogens is 1. The van der Waals surface area contributed by atoms with Crippen LogP contribution in [0.4, 0.5) is 4.79 Å². The van der Waals surface area contributed by atoms with E-state index < -0.39 is 11.7 Å². The molecule has 1 atom stereocenters. The predicted octanol–water partition coefficient (Wildman–Crippen LogP) is 4.01. The molecule has 0 aliphatic carbocycles. The number of para-hydroxylation sites is 1. The number of aromatic amines is 1. The molecule has 2 N–H and O–H groups in total. The molecule has 5 nitrogen and oxygen atoms in total. The maximum atomic E-state index is 12.6. The second kappa shape index (κ2) is 7.53. The maximum Gasteiger partial charge on any atom is 0.410 e. The average Bonchev–Trinajstić information content (AvgIpc) is 2.93. The van der Waals surface area contributed by atoms with Crippen LogP contribution >= 0.6 is 0 Å². The Kier molecular flexibility index (Phi) is 5.67. The van der Waals surface area contributed by atoms with Crippen LogP contribution < -0.4 is 0 Å². The molecule has 2 aromatic rings. The Morgan fingerprint density at radius 1 is 1.42 bits per heavy atom. The summed E-state index contributed by atoms with van der Waals surface area (Å²) in [4.78, 5) is 17.5. The average molecular weight is 330 g/mol. The lowest BCUT2D eigenvalue weighted by Crippen LogP contribution is -2.40. The highest BCUT2D eigenvalue weighted by Gasteiger charge is 2.29. The number of ether oxygens (including phenoxy) is 1. The minimum Gasteiger partial charge on any atom is -0.444 e. The number of carbonyl (C=O) groups is 1. The second-order valence-electron chi connectivity index (χ2n) is 6.73. The fourth-order valence-corrected chi connectivity index (χ4v) is 2.75. The Hall–Kier alpha value is -2.27. The fraction of sp³-hybridized carbons (Fsp3) is 0.421. The molecule has 24 heavy (non-hydrogen) atoms. The van der Waals surface area contributed by atoms with Gasteiger partial charge in [-0.1, -0.05) is 24.3 Å². The van der Waals surface area contributed by atoms with E-state index in [1.165, 1.54) is 0 Å². The molecule has 0 aliphatic heterocycles. The molecule has 0 saturated carbocycles. The first kappa shape index (κ1) is 18.1. The number of hydrogen-bond acceptors (Lipinski definition) is 3. The Labute approximate surface area is 142 Å². The highest BCUT2D eigenvalue weighted by Crippen LogP contribution is 2.32. The zero-order chi connectivity index (χ0) is 17.7. The number of carbonyl (C=O) groups excluding carboxylic acids is 1. The van der Waals surface area contributed by atoms with E-state index in [2.05, 4.69) is 11.6 Å². The molecule has 1 heterocycles. The lowest BCUT2D eigenvalue weighted by atomic mass is 10.0. The van der Waals surface area contributed by atoms with Crippen LogP contribution in [0.2, 0.25) is 0 Å². The van der Waals surface area contributed by atoms with Crippen molar-refractivity contribution in [3.8, 4) is 0 Å². The van der Waals surface area contributed by atoms with Crippen molar-refractivity contribution >= 4 is 17.0 Å². The predicted molar refractivity (Wildman–Crippen MR) is 95.9 cm³/mol. The first-order valence-corrected chi connectivity index (χ1v) is 8.14. The summed E-state index contributed by atoms with van der Waals surface area (Å²) in [6, 6.07) is 7.69. The smallest absolute Gasteiger partial charge is 0.410 e. The summed E-state index contributed by atoms with van der Waals surface area (Å²) in [5.41, 5.74) is 1.41. The van der Waals surface area contributed by atoms with Crippen LogP contribution in [0.5, 0.6) is 0 Å². The van der Waals surface area contributed by atoms with E-state index in [0.29, 0.717) is 6.42 Å². The van der Waals surface area contributed by atoms with Gasteiger partial charge in [0, 0.05) is 29.2 Å². The number of nitrogens with zero attached hydrogens (tertiary/aromatic N) is 1. The first-order valence-electron chi connectivity index (χ1n) is 8.14. The monoisotopic (exact) mass is 330 g/mol. The van der Waals surface area contributed by atoms with Crippen LogP contribution in [0, 0.1) is 0 Å². The summed E-state index contributed by atoms with van der Waals surface area (Å²) >= 11 is 0. The molecule has 0 aliphatic rings. The summed E-state index contributed by atoms with van der Waals surface area (Å²) in [7, 11) is 0. The van der Waals surface area contributed by atoms with E-state index in [-0.39, 0.29) is 19.2 Å². The highest BCUT2D eigenvalue weighted by atomic mass is 16.6. The summed E-state index contributed by atoms with van der Waals surface area (Å²) in [5.74, 6) is 0. The van der Waals surface area contributed by atoms with Gasteiger partial charge in [0.15, 0.2) is 0 Å². The fourth-order valence-electron chi connectivity index (χ4n) is 2.75. The lowest BCUT2D eigenvalue weighted by Gasteiger charge is -2.32. The van der Waals surface area contributed by atoms with Crippen molar-refractivity contribution in [3.63, 3.8) is 0 Å². The molecule has 0 radical (unpaired) electrons. The Morgan fingerprint density at radius 3 is 2.75 bits per heavy atom. The van der Waals surface area contributed by atoms with Crippen molar-refractivity contribution < 1.29 is 14.6 Å². The molecule has 5 heteroatoms. The van der Waals surface area contributed by atoms with Gasteiger partial charge in [0.1, 0.15) is 5.60 Å². The van der Waals surface area contributed by atoms with Gasteiger partial charge >= 0.3 is 6.09 Å². The third kappa shape index (κ3) is 4.17. The minimum absolute atomic E-state index is 0.130. The van der Waals surface area contributed by atoms with Crippen LogP contribution in [0.25, 0.3) is 10.9 Å². The number of rotatable bonds is 6. The number of hydrogen-bond donors (Lipinski definition) is 2. The third-order valence-electron chi connectivity index (χ3n) is 3.72. The maximum absolute atomic E-state index is 12.6. The van der Waals surface area contributed by atoms with Crippen molar-refractivity contribution in [1.29, 1.82) is 0 Å². The summed E-state index contributed by atoms with van der Waals surface area (Å²) in [6.45, 7) is 9.38. The number of nitrogens with one attached hydrogen (secondary N) is 1. The number of amides is 1. The summed E-state index contributed by atoms with van der Waals surface area (Å²) in [6.07, 6.45) is 3.82. The van der Waals surface area contributed by atoms with Gasteiger partial charge in [0.05, 0.1) is 12.6 Å². The lowest BCUT2D eigenvalue weighted by molar-refractivity contribution is 0.0123. The molecule has 0 unspecified atom stereocenters. The molecule has 130 valence electrons. The Bertz CT molecular complexity index is 700. The van der Waals surface area contributed by atoms with Crippen molar-refractivity contribution in [2.24, 2.45) is 0 Å². The van der Waals surface area contributed by atoms with Gasteiger partial charge in [-0.2, -0.15) is 0 Å². The number of aliphatic hydroxyl groups is 1. The van der Waals surface area contributed by atoms with E-state index in [4.69, 9.17) is 4.74 Å². The molecular weight excluding hydrogens is 304 g/mol. The van der Waals surface area contributed by atoms with Crippen LogP contribution in [0.3, 0.4) is 0 Å². The molecule has 1 amide bonds. The highest BCUT2D eigenvalue weighted by molar-refractivity contribution is 5.84. The number of fused-ring (bicyclic) bond motifs is 1. The van der Waals surface area contributed by atoms with E-state index >= 15 is 0 Å². The molecular formula is C19H26N2O3. The van der Waals surface area contributed by atoms with Gasteiger partial charge in [-0.3, -0.25) is 4.90 Å². The summed E-state index contributed by atoms with van der Waals surface area (Å²) in [5, 5.41) is 10.5. The van der Waals surface area contributed by atoms with Crippen LogP contribution in [-0.2, 0) is 4.74 Å².